The molecule has 0 saturated carbocycles. The van der Waals surface area contributed by atoms with Crippen LogP contribution in [-0.4, -0.2) is 36.6 Å². The largest absolute Gasteiger partial charge is 0.457 e. The van der Waals surface area contributed by atoms with Gasteiger partial charge in [0.2, 0.25) is 5.78 Å². The molecule has 1 aromatic rings. The molecule has 0 aliphatic rings. The van der Waals surface area contributed by atoms with Crippen molar-refractivity contribution in [1.82, 2.24) is 5.32 Å². The number of alkyl carbamates (subject to hydrolysis) is 1. The summed E-state index contributed by atoms with van der Waals surface area (Å²) < 4.78 is 10.1. The second-order valence-electron chi connectivity index (χ2n) is 7.38. The predicted octanol–water partition coefficient (Wildman–Crippen LogP) is 3.56. The molecule has 0 aliphatic carbocycles. The SMILES string of the molecule is Cc1cc(C(=O)COC(=O)CCNC(=O)OC(C)(C)C)c(C)c(C)c1C. The number of ketones is 1. The Morgan fingerprint density at radius 1 is 1.00 bits per heavy atom. The standard InChI is InChI=1S/C20H29NO5/c1-12-10-16(15(4)14(3)13(12)2)17(22)11-25-18(23)8-9-21-19(24)26-20(5,6)7/h10H,8-9,11H2,1-7H3,(H,21,24). The third-order valence-corrected chi connectivity index (χ3v) is 4.14. The topological polar surface area (TPSA) is 81.7 Å². The molecule has 1 aromatic carbocycles. The number of Topliss-reactive ketones (excluding diaryl/α,β-unsaturated/α-hetero) is 1. The van der Waals surface area contributed by atoms with Gasteiger partial charge in [-0.15, -0.1) is 0 Å². The van der Waals surface area contributed by atoms with Crippen LogP contribution in [0.1, 0.15) is 59.8 Å². The lowest BCUT2D eigenvalue weighted by Gasteiger charge is -2.19. The fourth-order valence-corrected chi connectivity index (χ4v) is 2.38. The zero-order valence-corrected chi connectivity index (χ0v) is 16.7. The van der Waals surface area contributed by atoms with Gasteiger partial charge in [-0.05, 0) is 76.8 Å². The summed E-state index contributed by atoms with van der Waals surface area (Å²) in [6, 6.07) is 1.83. The minimum atomic E-state index is -0.598. The van der Waals surface area contributed by atoms with Crippen molar-refractivity contribution in [3.63, 3.8) is 0 Å². The van der Waals surface area contributed by atoms with Gasteiger partial charge in [0.05, 0.1) is 6.42 Å². The van der Waals surface area contributed by atoms with Gasteiger partial charge < -0.3 is 14.8 Å². The van der Waals surface area contributed by atoms with Crippen molar-refractivity contribution in [2.24, 2.45) is 0 Å². The molecule has 1 rings (SSSR count). The molecule has 0 atom stereocenters. The number of benzene rings is 1. The van der Waals surface area contributed by atoms with Crippen molar-refractivity contribution in [1.29, 1.82) is 0 Å². The van der Waals surface area contributed by atoms with E-state index in [1.54, 1.807) is 20.8 Å². The number of rotatable bonds is 6. The van der Waals surface area contributed by atoms with Crippen molar-refractivity contribution in [3.05, 3.63) is 33.9 Å². The maximum atomic E-state index is 12.4. The molecule has 6 heteroatoms. The predicted molar refractivity (Wildman–Crippen MR) is 99.5 cm³/mol. The highest BCUT2D eigenvalue weighted by atomic mass is 16.6. The van der Waals surface area contributed by atoms with Crippen LogP contribution in [0.25, 0.3) is 0 Å². The molecule has 0 aromatic heterocycles. The summed E-state index contributed by atoms with van der Waals surface area (Å²) in [7, 11) is 0. The van der Waals surface area contributed by atoms with Gasteiger partial charge in [-0.3, -0.25) is 9.59 Å². The lowest BCUT2D eigenvalue weighted by molar-refractivity contribution is -0.142. The summed E-state index contributed by atoms with van der Waals surface area (Å²) in [5.74, 6) is -0.783. The Balaban J connectivity index is 2.49. The van der Waals surface area contributed by atoms with Crippen LogP contribution in [0, 0.1) is 27.7 Å². The molecule has 0 heterocycles. The molecule has 1 N–H and O–H groups in total. The summed E-state index contributed by atoms with van der Waals surface area (Å²) >= 11 is 0. The Bertz CT molecular complexity index is 701. The molecule has 0 aliphatic heterocycles. The maximum Gasteiger partial charge on any atom is 0.407 e. The monoisotopic (exact) mass is 363 g/mol. The highest BCUT2D eigenvalue weighted by Gasteiger charge is 2.17. The molecular weight excluding hydrogens is 334 g/mol. The molecule has 0 unspecified atom stereocenters. The van der Waals surface area contributed by atoms with E-state index in [9.17, 15) is 14.4 Å². The first-order chi connectivity index (χ1) is 11.9. The number of amides is 1. The molecular formula is C20H29NO5. The Kier molecular flexibility index (Phi) is 7.36. The second kappa shape index (κ2) is 8.83. The fourth-order valence-electron chi connectivity index (χ4n) is 2.38. The van der Waals surface area contributed by atoms with E-state index in [-0.39, 0.29) is 25.4 Å². The molecule has 0 radical (unpaired) electrons. The molecule has 0 bridgehead atoms. The van der Waals surface area contributed by atoms with E-state index < -0.39 is 17.7 Å². The molecule has 144 valence electrons. The van der Waals surface area contributed by atoms with Crippen molar-refractivity contribution in [2.45, 2.75) is 60.5 Å². The highest BCUT2D eigenvalue weighted by Crippen LogP contribution is 2.21. The van der Waals surface area contributed by atoms with E-state index in [0.29, 0.717) is 5.56 Å². The second-order valence-corrected chi connectivity index (χ2v) is 7.38. The number of carbonyl (C=O) groups excluding carboxylic acids is 3. The van der Waals surface area contributed by atoms with Gasteiger partial charge in [0, 0.05) is 12.1 Å². The fraction of sp³-hybridized carbons (Fsp3) is 0.550. The Hall–Kier alpha value is -2.37. The van der Waals surface area contributed by atoms with Crippen LogP contribution in [0.2, 0.25) is 0 Å². The first-order valence-electron chi connectivity index (χ1n) is 8.65. The summed E-state index contributed by atoms with van der Waals surface area (Å²) in [6.45, 7) is 12.9. The number of hydrogen-bond acceptors (Lipinski definition) is 5. The van der Waals surface area contributed by atoms with Gasteiger partial charge in [-0.25, -0.2) is 4.79 Å². The Morgan fingerprint density at radius 2 is 1.62 bits per heavy atom. The number of hydrogen-bond donors (Lipinski definition) is 1. The molecule has 6 nitrogen and oxygen atoms in total. The van der Waals surface area contributed by atoms with Crippen LogP contribution in [0.15, 0.2) is 6.07 Å². The number of nitrogens with one attached hydrogen (secondary N) is 1. The molecule has 0 fully saturated rings. The summed E-state index contributed by atoms with van der Waals surface area (Å²) in [6.07, 6.45) is -0.625. The normalized spacial score (nSPS) is 11.0. The van der Waals surface area contributed by atoms with Crippen molar-refractivity contribution in [3.8, 4) is 0 Å². The minimum Gasteiger partial charge on any atom is -0.457 e. The van der Waals surface area contributed by atoms with Gasteiger partial charge in [0.1, 0.15) is 5.60 Å². The number of aryl methyl sites for hydroxylation is 1. The van der Waals surface area contributed by atoms with E-state index in [1.807, 2.05) is 33.8 Å². The first kappa shape index (κ1) is 21.7. The van der Waals surface area contributed by atoms with Gasteiger partial charge in [-0.1, -0.05) is 0 Å². The van der Waals surface area contributed by atoms with Crippen LogP contribution in [0.4, 0.5) is 4.79 Å². The third kappa shape index (κ3) is 6.50. The lowest BCUT2D eigenvalue weighted by atomic mass is 9.93. The van der Waals surface area contributed by atoms with E-state index in [0.717, 1.165) is 22.3 Å². The van der Waals surface area contributed by atoms with Crippen LogP contribution in [0.5, 0.6) is 0 Å². The summed E-state index contributed by atoms with van der Waals surface area (Å²) in [4.78, 5) is 35.6. The number of ether oxygens (including phenoxy) is 2. The van der Waals surface area contributed by atoms with Gasteiger partial charge in [-0.2, -0.15) is 0 Å². The van der Waals surface area contributed by atoms with E-state index in [1.165, 1.54) is 0 Å². The minimum absolute atomic E-state index is 0.0303. The molecule has 0 saturated heterocycles. The quantitative estimate of drug-likeness (QED) is 0.617. The van der Waals surface area contributed by atoms with E-state index in [4.69, 9.17) is 9.47 Å². The smallest absolute Gasteiger partial charge is 0.407 e. The summed E-state index contributed by atoms with van der Waals surface area (Å²) in [5, 5.41) is 2.47. The van der Waals surface area contributed by atoms with E-state index in [2.05, 4.69) is 5.32 Å². The molecule has 1 amide bonds. The lowest BCUT2D eigenvalue weighted by Crippen LogP contribution is -2.33. The number of carbonyl (C=O) groups is 3. The average Bonchev–Trinajstić information content (AvgIpc) is 2.52. The Labute approximate surface area is 155 Å². The van der Waals surface area contributed by atoms with Crippen LogP contribution >= 0.6 is 0 Å². The summed E-state index contributed by atoms with van der Waals surface area (Å²) in [5.41, 5.74) is 4.14. The van der Waals surface area contributed by atoms with Gasteiger partial charge in [0.15, 0.2) is 6.61 Å². The van der Waals surface area contributed by atoms with Gasteiger partial charge >= 0.3 is 12.1 Å². The first-order valence-corrected chi connectivity index (χ1v) is 8.65. The average molecular weight is 363 g/mol. The Morgan fingerprint density at radius 3 is 2.19 bits per heavy atom. The van der Waals surface area contributed by atoms with Crippen molar-refractivity contribution >= 4 is 17.8 Å². The maximum absolute atomic E-state index is 12.4. The third-order valence-electron chi connectivity index (χ3n) is 4.14. The van der Waals surface area contributed by atoms with Crippen molar-refractivity contribution < 1.29 is 23.9 Å². The van der Waals surface area contributed by atoms with Crippen LogP contribution in [0.3, 0.4) is 0 Å². The highest BCUT2D eigenvalue weighted by molar-refractivity contribution is 5.99. The zero-order valence-electron chi connectivity index (χ0n) is 16.7. The molecule has 0 spiro atoms. The van der Waals surface area contributed by atoms with E-state index >= 15 is 0 Å². The van der Waals surface area contributed by atoms with Gasteiger partial charge in [0.25, 0.3) is 0 Å². The number of esters is 1. The van der Waals surface area contributed by atoms with Crippen LogP contribution < -0.4 is 5.32 Å². The van der Waals surface area contributed by atoms with Crippen LogP contribution in [-0.2, 0) is 14.3 Å². The van der Waals surface area contributed by atoms with Crippen molar-refractivity contribution in [2.75, 3.05) is 13.2 Å². The zero-order chi connectivity index (χ0) is 20.1. The molecule has 26 heavy (non-hydrogen) atoms.